The van der Waals surface area contributed by atoms with Crippen molar-refractivity contribution in [1.29, 1.82) is 0 Å². The Balaban J connectivity index is 0.000000361. The van der Waals surface area contributed by atoms with Crippen molar-refractivity contribution in [1.82, 2.24) is 0 Å². The van der Waals surface area contributed by atoms with E-state index in [9.17, 15) is 29.1 Å². The molecule has 0 spiro atoms. The van der Waals surface area contributed by atoms with Gasteiger partial charge in [0.1, 0.15) is 11.5 Å². The van der Waals surface area contributed by atoms with E-state index in [1.54, 1.807) is 30.3 Å². The van der Waals surface area contributed by atoms with Crippen molar-refractivity contribution in [2.75, 3.05) is 17.2 Å². The number of amides is 2. The second kappa shape index (κ2) is 14.0. The summed E-state index contributed by atoms with van der Waals surface area (Å²) in [6.07, 6.45) is 2.31. The Kier molecular flexibility index (Phi) is 11.4. The molecule has 0 aliphatic carbocycles. The number of carbonyl (C=O) groups excluding carboxylic acids is 4. The van der Waals surface area contributed by atoms with E-state index >= 15 is 0 Å². The summed E-state index contributed by atoms with van der Waals surface area (Å²) in [4.78, 5) is 53.7. The molecule has 2 amide bonds. The molecule has 2 rings (SSSR count). The van der Waals surface area contributed by atoms with Gasteiger partial charge in [0.05, 0.1) is 29.1 Å². The summed E-state index contributed by atoms with van der Waals surface area (Å²) >= 11 is 0. The zero-order valence-electron chi connectivity index (χ0n) is 18.3. The van der Waals surface area contributed by atoms with Gasteiger partial charge >= 0.3 is 5.97 Å². The van der Waals surface area contributed by atoms with Gasteiger partial charge < -0.3 is 25.6 Å². The van der Waals surface area contributed by atoms with Crippen molar-refractivity contribution in [3.63, 3.8) is 0 Å². The van der Waals surface area contributed by atoms with Gasteiger partial charge in [-0.15, -0.1) is 0 Å². The zero-order valence-corrected chi connectivity index (χ0v) is 18.3. The second-order valence-electron chi connectivity index (χ2n) is 6.75. The van der Waals surface area contributed by atoms with Crippen LogP contribution in [0.4, 0.5) is 11.4 Å². The number of anilines is 2. The number of rotatable bonds is 10. The maximum Gasteiger partial charge on any atom is 0.303 e. The lowest BCUT2D eigenvalue weighted by atomic mass is 10.1. The summed E-state index contributed by atoms with van der Waals surface area (Å²) in [5.41, 5.74) is 1.09. The van der Waals surface area contributed by atoms with Crippen molar-refractivity contribution in [2.24, 2.45) is 0 Å². The molecule has 0 radical (unpaired) electrons. The third kappa shape index (κ3) is 9.64. The molecule has 2 aromatic rings. The van der Waals surface area contributed by atoms with E-state index in [0.717, 1.165) is 0 Å². The maximum absolute atomic E-state index is 11.1. The molecule has 0 aromatic heterocycles. The third-order valence-electron chi connectivity index (χ3n) is 4.05. The van der Waals surface area contributed by atoms with Gasteiger partial charge in [-0.3, -0.25) is 24.0 Å². The van der Waals surface area contributed by atoms with Gasteiger partial charge in [-0.2, -0.15) is 0 Å². The first-order chi connectivity index (χ1) is 15.7. The average Bonchev–Trinajstić information content (AvgIpc) is 2.73. The number of hydrogen-bond donors (Lipinski definition) is 4. The van der Waals surface area contributed by atoms with Crippen LogP contribution in [0.1, 0.15) is 53.8 Å². The Hall–Kier alpha value is -4.21. The monoisotopic (exact) mass is 458 g/mol. The molecule has 0 atom stereocenters. The molecule has 33 heavy (non-hydrogen) atoms. The fourth-order valence-electron chi connectivity index (χ4n) is 2.63. The molecule has 0 heterocycles. The van der Waals surface area contributed by atoms with Crippen LogP contribution in [-0.4, -0.2) is 47.2 Å². The quantitative estimate of drug-likeness (QED) is 0.312. The standard InChI is InChI=1S/C14H17NO5.C9H9NO3/c1-10(17)15-12-5-4-6-13(11(12)9-16)20-8-3-2-7-14(18)19;1-6(12)10-8-3-2-4-9(13)7(8)5-11/h4-6,9H,2-3,7-8H2,1H3,(H,15,17)(H,18,19);2-5,13H,1H3,(H,10,12). The predicted molar refractivity (Wildman–Crippen MR) is 121 cm³/mol. The second-order valence-corrected chi connectivity index (χ2v) is 6.75. The number of phenols is 1. The van der Waals surface area contributed by atoms with Crippen molar-refractivity contribution in [2.45, 2.75) is 33.1 Å². The van der Waals surface area contributed by atoms with Crippen LogP contribution in [-0.2, 0) is 14.4 Å². The first-order valence-electron chi connectivity index (χ1n) is 9.94. The van der Waals surface area contributed by atoms with E-state index < -0.39 is 5.97 Å². The molecule has 0 saturated carbocycles. The van der Waals surface area contributed by atoms with Gasteiger partial charge in [-0.25, -0.2) is 0 Å². The number of carboxylic acid groups (broad SMARTS) is 1. The highest BCUT2D eigenvalue weighted by Gasteiger charge is 2.10. The summed E-state index contributed by atoms with van der Waals surface area (Å²) in [5, 5.41) is 22.7. The zero-order chi connectivity index (χ0) is 24.8. The average molecular weight is 458 g/mol. The Morgan fingerprint density at radius 2 is 1.42 bits per heavy atom. The molecule has 10 nitrogen and oxygen atoms in total. The summed E-state index contributed by atoms with van der Waals surface area (Å²) in [6, 6.07) is 9.40. The van der Waals surface area contributed by atoms with Crippen molar-refractivity contribution < 1.29 is 38.9 Å². The molecular weight excluding hydrogens is 432 g/mol. The normalized spacial score (nSPS) is 9.64. The number of aromatic hydroxyl groups is 1. The molecule has 0 saturated heterocycles. The van der Waals surface area contributed by atoms with E-state index in [4.69, 9.17) is 9.84 Å². The molecule has 0 unspecified atom stereocenters. The Labute approximate surface area is 190 Å². The molecule has 0 aliphatic heterocycles. The van der Waals surface area contributed by atoms with Gasteiger partial charge in [0.25, 0.3) is 0 Å². The highest BCUT2D eigenvalue weighted by atomic mass is 16.5. The lowest BCUT2D eigenvalue weighted by Gasteiger charge is -2.11. The van der Waals surface area contributed by atoms with Crippen molar-refractivity contribution in [3.8, 4) is 11.5 Å². The van der Waals surface area contributed by atoms with Crippen LogP contribution in [0, 0.1) is 0 Å². The van der Waals surface area contributed by atoms with E-state index in [1.165, 1.54) is 19.9 Å². The number of unbranched alkanes of at least 4 members (excludes halogenated alkanes) is 1. The van der Waals surface area contributed by atoms with Crippen LogP contribution >= 0.6 is 0 Å². The topological polar surface area (TPSA) is 159 Å². The first kappa shape index (κ1) is 26.8. The van der Waals surface area contributed by atoms with E-state index in [1.807, 2.05) is 0 Å². The lowest BCUT2D eigenvalue weighted by Crippen LogP contribution is -2.09. The van der Waals surface area contributed by atoms with Crippen LogP contribution < -0.4 is 15.4 Å². The number of phenolic OH excluding ortho intramolecular Hbond substituents is 1. The van der Waals surface area contributed by atoms with E-state index in [2.05, 4.69) is 10.6 Å². The number of aliphatic carboxylic acids is 1. The van der Waals surface area contributed by atoms with Crippen LogP contribution in [0.2, 0.25) is 0 Å². The SMILES string of the molecule is CC(=O)Nc1cccc(O)c1C=O.CC(=O)Nc1cccc(OCCCCC(=O)O)c1C=O. The largest absolute Gasteiger partial charge is 0.507 e. The molecule has 0 fully saturated rings. The highest BCUT2D eigenvalue weighted by molar-refractivity contribution is 5.97. The molecule has 0 bridgehead atoms. The third-order valence-corrected chi connectivity index (χ3v) is 4.05. The van der Waals surface area contributed by atoms with Gasteiger partial charge in [-0.1, -0.05) is 12.1 Å². The number of nitrogens with one attached hydrogen (secondary N) is 2. The Bertz CT molecular complexity index is 1000. The number of hydrogen-bond acceptors (Lipinski definition) is 7. The van der Waals surface area contributed by atoms with E-state index in [0.29, 0.717) is 49.1 Å². The molecule has 4 N–H and O–H groups in total. The summed E-state index contributed by atoms with van der Waals surface area (Å²) < 4.78 is 5.46. The minimum atomic E-state index is -0.841. The molecule has 0 aliphatic rings. The predicted octanol–water partition coefficient (Wildman–Crippen LogP) is 3.25. The van der Waals surface area contributed by atoms with Crippen LogP contribution in [0.25, 0.3) is 0 Å². The van der Waals surface area contributed by atoms with E-state index in [-0.39, 0.29) is 35.1 Å². The minimum Gasteiger partial charge on any atom is -0.507 e. The number of carbonyl (C=O) groups is 5. The smallest absolute Gasteiger partial charge is 0.303 e. The molecule has 10 heteroatoms. The summed E-state index contributed by atoms with van der Waals surface area (Å²) in [5.74, 6) is -1.16. The first-order valence-corrected chi connectivity index (χ1v) is 9.94. The van der Waals surface area contributed by atoms with Crippen LogP contribution in [0.5, 0.6) is 11.5 Å². The minimum absolute atomic E-state index is 0.0931. The van der Waals surface area contributed by atoms with Crippen molar-refractivity contribution in [3.05, 3.63) is 47.5 Å². The summed E-state index contributed by atoms with van der Waals surface area (Å²) in [6.45, 7) is 3.00. The Morgan fingerprint density at radius 3 is 1.94 bits per heavy atom. The van der Waals surface area contributed by atoms with Crippen LogP contribution in [0.15, 0.2) is 36.4 Å². The lowest BCUT2D eigenvalue weighted by molar-refractivity contribution is -0.137. The number of aldehydes is 2. The number of carboxylic acids is 1. The fourth-order valence-corrected chi connectivity index (χ4v) is 2.63. The molecule has 2 aromatic carbocycles. The Morgan fingerprint density at radius 1 is 0.879 bits per heavy atom. The fraction of sp³-hybridized carbons (Fsp3) is 0.261. The van der Waals surface area contributed by atoms with Gasteiger partial charge in [0.15, 0.2) is 12.6 Å². The van der Waals surface area contributed by atoms with Gasteiger partial charge in [0.2, 0.25) is 11.8 Å². The molecular formula is C23H26N2O8. The highest BCUT2D eigenvalue weighted by Crippen LogP contribution is 2.25. The number of benzene rings is 2. The number of ether oxygens (including phenoxy) is 1. The van der Waals surface area contributed by atoms with Crippen LogP contribution in [0.3, 0.4) is 0 Å². The van der Waals surface area contributed by atoms with Gasteiger partial charge in [0, 0.05) is 20.3 Å². The van der Waals surface area contributed by atoms with Crippen molar-refractivity contribution >= 4 is 41.7 Å². The summed E-state index contributed by atoms with van der Waals surface area (Å²) in [7, 11) is 0. The molecule has 176 valence electrons. The van der Waals surface area contributed by atoms with Gasteiger partial charge in [-0.05, 0) is 37.1 Å². The maximum atomic E-state index is 11.1.